The first kappa shape index (κ1) is 12.1. The van der Waals surface area contributed by atoms with Crippen LogP contribution in [0.1, 0.15) is 31.5 Å². The zero-order valence-corrected chi connectivity index (χ0v) is 9.95. The Balaban J connectivity index is 2.42. The van der Waals surface area contributed by atoms with Crippen LogP contribution < -0.4 is 5.32 Å². The maximum atomic E-state index is 5.13. The first-order valence-corrected chi connectivity index (χ1v) is 5.29. The molecule has 0 aliphatic carbocycles. The third-order valence-corrected chi connectivity index (χ3v) is 2.13. The monoisotopic (exact) mass is 212 g/mol. The zero-order valence-electron chi connectivity index (χ0n) is 9.95. The molecule has 0 aliphatic rings. The molecule has 0 bridgehead atoms. The van der Waals surface area contributed by atoms with Crippen LogP contribution >= 0.6 is 0 Å². The lowest BCUT2D eigenvalue weighted by atomic mass is 10.2. The minimum atomic E-state index is 0.300. The number of aromatic nitrogens is 2. The molecule has 86 valence electrons. The zero-order chi connectivity index (χ0) is 11.3. The molecular weight excluding hydrogens is 192 g/mol. The topological polar surface area (TPSA) is 54.2 Å². The van der Waals surface area contributed by atoms with E-state index in [4.69, 9.17) is 4.52 Å². The fourth-order valence-corrected chi connectivity index (χ4v) is 1.19. The summed E-state index contributed by atoms with van der Waals surface area (Å²) >= 11 is 0. The molecule has 1 N–H and O–H groups in total. The first-order chi connectivity index (χ1) is 7.13. The van der Waals surface area contributed by atoms with E-state index in [0.717, 1.165) is 25.5 Å². The Morgan fingerprint density at radius 2 is 2.20 bits per heavy atom. The average molecular weight is 212 g/mol. The fourth-order valence-electron chi connectivity index (χ4n) is 1.19. The molecule has 0 atom stereocenters. The summed E-state index contributed by atoms with van der Waals surface area (Å²) in [6.45, 7) is 6.76. The summed E-state index contributed by atoms with van der Waals surface area (Å²) < 4.78 is 5.13. The van der Waals surface area contributed by atoms with E-state index in [1.807, 2.05) is 27.9 Å². The van der Waals surface area contributed by atoms with Crippen molar-refractivity contribution in [3.63, 3.8) is 0 Å². The van der Waals surface area contributed by atoms with E-state index >= 15 is 0 Å². The summed E-state index contributed by atoms with van der Waals surface area (Å²) in [7, 11) is 3.99. The van der Waals surface area contributed by atoms with Gasteiger partial charge >= 0.3 is 0 Å². The van der Waals surface area contributed by atoms with Crippen LogP contribution in [-0.2, 0) is 6.54 Å². The Morgan fingerprint density at radius 3 is 2.73 bits per heavy atom. The summed E-state index contributed by atoms with van der Waals surface area (Å²) in [6.07, 6.45) is 0. The van der Waals surface area contributed by atoms with Gasteiger partial charge in [-0.15, -0.1) is 0 Å². The second-order valence-electron chi connectivity index (χ2n) is 4.04. The van der Waals surface area contributed by atoms with Crippen LogP contribution in [0.3, 0.4) is 0 Å². The van der Waals surface area contributed by atoms with E-state index in [9.17, 15) is 0 Å². The second-order valence-corrected chi connectivity index (χ2v) is 4.04. The number of nitrogens with zero attached hydrogens (tertiary/aromatic N) is 3. The highest BCUT2D eigenvalue weighted by molar-refractivity contribution is 4.90. The fraction of sp³-hybridized carbons (Fsp3) is 0.800. The van der Waals surface area contributed by atoms with Crippen LogP contribution in [0.15, 0.2) is 4.52 Å². The van der Waals surface area contributed by atoms with Gasteiger partial charge in [-0.2, -0.15) is 4.98 Å². The molecule has 0 spiro atoms. The van der Waals surface area contributed by atoms with Crippen LogP contribution in [0.4, 0.5) is 0 Å². The van der Waals surface area contributed by atoms with Crippen LogP contribution in [0.5, 0.6) is 0 Å². The van der Waals surface area contributed by atoms with Crippen molar-refractivity contribution in [2.75, 3.05) is 27.2 Å². The van der Waals surface area contributed by atoms with Crippen LogP contribution in [-0.4, -0.2) is 42.2 Å². The Labute approximate surface area is 90.8 Å². The highest BCUT2D eigenvalue weighted by atomic mass is 16.5. The van der Waals surface area contributed by atoms with Crippen molar-refractivity contribution in [2.24, 2.45) is 0 Å². The SMILES string of the molecule is CNCCN(C)Cc1noc(C(C)C)n1. The van der Waals surface area contributed by atoms with Gasteiger partial charge in [0.05, 0.1) is 6.54 Å². The summed E-state index contributed by atoms with van der Waals surface area (Å²) in [5.74, 6) is 1.78. The Bertz CT molecular complexity index is 285. The molecule has 0 radical (unpaired) electrons. The molecule has 1 aromatic rings. The maximum Gasteiger partial charge on any atom is 0.229 e. The van der Waals surface area contributed by atoms with Gasteiger partial charge in [-0.05, 0) is 14.1 Å². The number of likely N-dealkylation sites (N-methyl/N-ethyl adjacent to an activating group) is 2. The quantitative estimate of drug-likeness (QED) is 0.757. The van der Waals surface area contributed by atoms with Crippen molar-refractivity contribution in [1.29, 1.82) is 0 Å². The van der Waals surface area contributed by atoms with Crippen molar-refractivity contribution >= 4 is 0 Å². The normalized spacial score (nSPS) is 11.6. The Hall–Kier alpha value is -0.940. The maximum absolute atomic E-state index is 5.13. The minimum Gasteiger partial charge on any atom is -0.339 e. The third-order valence-electron chi connectivity index (χ3n) is 2.13. The van der Waals surface area contributed by atoms with Crippen molar-refractivity contribution < 1.29 is 4.52 Å². The van der Waals surface area contributed by atoms with Crippen LogP contribution in [0, 0.1) is 0 Å². The van der Waals surface area contributed by atoms with Gasteiger partial charge < -0.3 is 9.84 Å². The van der Waals surface area contributed by atoms with Gasteiger partial charge in [-0.3, -0.25) is 4.90 Å². The molecular formula is C10H20N4O. The van der Waals surface area contributed by atoms with Gasteiger partial charge in [0.1, 0.15) is 0 Å². The molecule has 0 amide bonds. The highest BCUT2D eigenvalue weighted by Crippen LogP contribution is 2.11. The van der Waals surface area contributed by atoms with Gasteiger partial charge in [-0.1, -0.05) is 19.0 Å². The van der Waals surface area contributed by atoms with E-state index in [0.29, 0.717) is 11.8 Å². The first-order valence-electron chi connectivity index (χ1n) is 5.29. The summed E-state index contributed by atoms with van der Waals surface area (Å²) in [6, 6.07) is 0. The van der Waals surface area contributed by atoms with E-state index in [-0.39, 0.29) is 0 Å². The predicted octanol–water partition coefficient (Wildman–Crippen LogP) is 0.844. The van der Waals surface area contributed by atoms with Gasteiger partial charge in [0.15, 0.2) is 5.82 Å². The molecule has 1 rings (SSSR count). The lowest BCUT2D eigenvalue weighted by Crippen LogP contribution is -2.27. The van der Waals surface area contributed by atoms with Crippen LogP contribution in [0.25, 0.3) is 0 Å². The lowest BCUT2D eigenvalue weighted by molar-refractivity contribution is 0.306. The van der Waals surface area contributed by atoms with Crippen molar-refractivity contribution in [3.05, 3.63) is 11.7 Å². The molecule has 5 nitrogen and oxygen atoms in total. The number of nitrogens with one attached hydrogen (secondary N) is 1. The highest BCUT2D eigenvalue weighted by Gasteiger charge is 2.10. The van der Waals surface area contributed by atoms with Gasteiger partial charge in [0.2, 0.25) is 5.89 Å². The van der Waals surface area contributed by atoms with Crippen molar-refractivity contribution in [3.8, 4) is 0 Å². The van der Waals surface area contributed by atoms with Gasteiger partial charge in [0.25, 0.3) is 0 Å². The molecule has 0 saturated carbocycles. The molecule has 1 heterocycles. The van der Waals surface area contributed by atoms with Crippen molar-refractivity contribution in [1.82, 2.24) is 20.4 Å². The van der Waals surface area contributed by atoms with Crippen molar-refractivity contribution in [2.45, 2.75) is 26.3 Å². The predicted molar refractivity (Wildman–Crippen MR) is 58.6 cm³/mol. The molecule has 0 fully saturated rings. The van der Waals surface area contributed by atoms with Gasteiger partial charge in [-0.25, -0.2) is 0 Å². The van der Waals surface area contributed by atoms with Gasteiger partial charge in [0, 0.05) is 19.0 Å². The molecule has 1 aromatic heterocycles. The minimum absolute atomic E-state index is 0.300. The third kappa shape index (κ3) is 3.97. The number of rotatable bonds is 6. The average Bonchev–Trinajstić information content (AvgIpc) is 2.63. The van der Waals surface area contributed by atoms with E-state index in [1.54, 1.807) is 0 Å². The molecule has 0 saturated heterocycles. The largest absolute Gasteiger partial charge is 0.339 e. The molecule has 0 unspecified atom stereocenters. The Kier molecular flexibility index (Phi) is 4.71. The van der Waals surface area contributed by atoms with E-state index in [1.165, 1.54) is 0 Å². The van der Waals surface area contributed by atoms with Crippen LogP contribution in [0.2, 0.25) is 0 Å². The molecule has 0 aliphatic heterocycles. The second kappa shape index (κ2) is 5.82. The van der Waals surface area contributed by atoms with E-state index < -0.39 is 0 Å². The molecule has 0 aromatic carbocycles. The summed E-state index contributed by atoms with van der Waals surface area (Å²) in [5, 5.41) is 7.04. The van der Waals surface area contributed by atoms with E-state index in [2.05, 4.69) is 20.4 Å². The number of hydrogen-bond donors (Lipinski definition) is 1. The standard InChI is InChI=1S/C10H20N4O/c1-8(2)10-12-9(13-15-10)7-14(4)6-5-11-3/h8,11H,5-7H2,1-4H3. The molecule has 15 heavy (non-hydrogen) atoms. The Morgan fingerprint density at radius 1 is 1.47 bits per heavy atom. The lowest BCUT2D eigenvalue weighted by Gasteiger charge is -2.13. The number of hydrogen-bond acceptors (Lipinski definition) is 5. The smallest absolute Gasteiger partial charge is 0.229 e. The molecule has 5 heteroatoms. The summed E-state index contributed by atoms with van der Waals surface area (Å²) in [5.41, 5.74) is 0. The summed E-state index contributed by atoms with van der Waals surface area (Å²) in [4.78, 5) is 6.48.